The maximum absolute atomic E-state index is 12.8. The summed E-state index contributed by atoms with van der Waals surface area (Å²) in [5.41, 5.74) is 0. The van der Waals surface area contributed by atoms with Crippen LogP contribution in [-0.4, -0.2) is 38.3 Å². The first-order chi connectivity index (χ1) is 10.6. The van der Waals surface area contributed by atoms with E-state index in [0.717, 1.165) is 11.0 Å². The molecular weight excluding hydrogens is 305 g/mol. The number of aromatic nitrogens is 3. The van der Waals surface area contributed by atoms with Gasteiger partial charge in [0.05, 0.1) is 6.10 Å². The average Bonchev–Trinajstić information content (AvgIpc) is 3.28. The number of aryl methyl sites for hydroxylation is 1. The van der Waals surface area contributed by atoms with Gasteiger partial charge in [0.1, 0.15) is 24.0 Å². The molecule has 0 aliphatic heterocycles. The van der Waals surface area contributed by atoms with Gasteiger partial charge >= 0.3 is 0 Å². The molecule has 118 valence electrons. The molecule has 1 fully saturated rings. The van der Waals surface area contributed by atoms with Crippen LogP contribution < -0.4 is 4.74 Å². The summed E-state index contributed by atoms with van der Waals surface area (Å²) in [5.74, 6) is 1.63. The lowest BCUT2D eigenvalue weighted by molar-refractivity contribution is 0.126. The SMILES string of the molecule is Cc1nnc(SCC(O)COc2ccc(F)cc2)n1C1CC1. The molecule has 0 spiro atoms. The van der Waals surface area contributed by atoms with Crippen LogP contribution in [0.15, 0.2) is 29.4 Å². The maximum atomic E-state index is 12.8. The van der Waals surface area contributed by atoms with Gasteiger partial charge in [-0.15, -0.1) is 10.2 Å². The van der Waals surface area contributed by atoms with Crippen LogP contribution in [0.5, 0.6) is 5.75 Å². The summed E-state index contributed by atoms with van der Waals surface area (Å²) in [6, 6.07) is 6.27. The van der Waals surface area contributed by atoms with Crippen LogP contribution in [0, 0.1) is 12.7 Å². The molecular formula is C15H18FN3O2S. The lowest BCUT2D eigenvalue weighted by atomic mass is 10.3. The fraction of sp³-hybridized carbons (Fsp3) is 0.467. The molecule has 1 heterocycles. The molecule has 7 heteroatoms. The highest BCUT2D eigenvalue weighted by Gasteiger charge is 2.28. The zero-order valence-electron chi connectivity index (χ0n) is 12.3. The van der Waals surface area contributed by atoms with Crippen LogP contribution in [0.25, 0.3) is 0 Å². The monoisotopic (exact) mass is 323 g/mol. The minimum Gasteiger partial charge on any atom is -0.491 e. The quantitative estimate of drug-likeness (QED) is 0.794. The summed E-state index contributed by atoms with van der Waals surface area (Å²) in [7, 11) is 0. The van der Waals surface area contributed by atoms with E-state index >= 15 is 0 Å². The third-order valence-electron chi connectivity index (χ3n) is 3.41. The van der Waals surface area contributed by atoms with E-state index in [4.69, 9.17) is 4.74 Å². The van der Waals surface area contributed by atoms with Gasteiger partial charge in [0.15, 0.2) is 5.16 Å². The summed E-state index contributed by atoms with van der Waals surface area (Å²) in [6.07, 6.45) is 1.71. The molecule has 2 aromatic rings. The number of nitrogens with zero attached hydrogens (tertiary/aromatic N) is 3. The van der Waals surface area contributed by atoms with Crippen molar-refractivity contribution >= 4 is 11.8 Å². The molecule has 1 aliphatic rings. The summed E-state index contributed by atoms with van der Waals surface area (Å²) >= 11 is 1.48. The van der Waals surface area contributed by atoms with Crippen LogP contribution in [-0.2, 0) is 0 Å². The Kier molecular flexibility index (Phi) is 4.63. The van der Waals surface area contributed by atoms with E-state index in [0.29, 0.717) is 17.5 Å². The Labute approximate surface area is 132 Å². The zero-order chi connectivity index (χ0) is 15.5. The Morgan fingerprint density at radius 2 is 2.09 bits per heavy atom. The highest BCUT2D eigenvalue weighted by atomic mass is 32.2. The number of ether oxygens (including phenoxy) is 1. The van der Waals surface area contributed by atoms with Crippen molar-refractivity contribution in [1.29, 1.82) is 0 Å². The van der Waals surface area contributed by atoms with Crippen LogP contribution >= 0.6 is 11.8 Å². The number of hydrogen-bond donors (Lipinski definition) is 1. The number of thioether (sulfide) groups is 1. The molecule has 3 rings (SSSR count). The Hall–Kier alpha value is -1.60. The molecule has 1 aromatic carbocycles. The van der Waals surface area contributed by atoms with E-state index in [1.807, 2.05) is 6.92 Å². The lowest BCUT2D eigenvalue weighted by Gasteiger charge is -2.12. The van der Waals surface area contributed by atoms with E-state index in [2.05, 4.69) is 14.8 Å². The first kappa shape index (κ1) is 15.3. The molecule has 0 saturated heterocycles. The van der Waals surface area contributed by atoms with Crippen LogP contribution in [0.4, 0.5) is 4.39 Å². The zero-order valence-corrected chi connectivity index (χ0v) is 13.1. The normalized spacial score (nSPS) is 15.8. The number of aliphatic hydroxyl groups is 1. The minimum absolute atomic E-state index is 0.162. The van der Waals surface area contributed by atoms with Crippen molar-refractivity contribution < 1.29 is 14.2 Å². The van der Waals surface area contributed by atoms with Gasteiger partial charge in [-0.05, 0) is 44.0 Å². The minimum atomic E-state index is -0.625. The first-order valence-corrected chi connectivity index (χ1v) is 8.23. The fourth-order valence-corrected chi connectivity index (χ4v) is 3.10. The molecule has 0 radical (unpaired) electrons. The smallest absolute Gasteiger partial charge is 0.191 e. The molecule has 0 bridgehead atoms. The highest BCUT2D eigenvalue weighted by molar-refractivity contribution is 7.99. The van der Waals surface area contributed by atoms with E-state index in [1.54, 1.807) is 12.1 Å². The first-order valence-electron chi connectivity index (χ1n) is 7.24. The third-order valence-corrected chi connectivity index (χ3v) is 4.50. The van der Waals surface area contributed by atoms with Gasteiger partial charge in [0.25, 0.3) is 0 Å². The summed E-state index contributed by atoms with van der Waals surface area (Å²) in [6.45, 7) is 2.11. The molecule has 1 unspecified atom stereocenters. The van der Waals surface area contributed by atoms with Crippen LogP contribution in [0.1, 0.15) is 24.7 Å². The van der Waals surface area contributed by atoms with Crippen LogP contribution in [0.3, 0.4) is 0 Å². The van der Waals surface area contributed by atoms with E-state index in [-0.39, 0.29) is 12.4 Å². The average molecular weight is 323 g/mol. The van der Waals surface area contributed by atoms with E-state index in [1.165, 1.54) is 36.7 Å². The summed E-state index contributed by atoms with van der Waals surface area (Å²) < 4.78 is 20.4. The van der Waals surface area contributed by atoms with Gasteiger partial charge in [-0.25, -0.2) is 4.39 Å². The summed E-state index contributed by atoms with van der Waals surface area (Å²) in [5, 5.41) is 19.1. The standard InChI is InChI=1S/C15H18FN3O2S/c1-10-17-18-15(19(10)12-4-5-12)22-9-13(20)8-21-14-6-2-11(16)3-7-14/h2-3,6-7,12-13,20H,4-5,8-9H2,1H3. The second-order valence-corrected chi connectivity index (χ2v) is 6.35. The number of hydrogen-bond acceptors (Lipinski definition) is 5. The van der Waals surface area contributed by atoms with Gasteiger partial charge in [-0.3, -0.25) is 0 Å². The lowest BCUT2D eigenvalue weighted by Crippen LogP contribution is -2.20. The predicted molar refractivity (Wildman–Crippen MR) is 81.7 cm³/mol. The second kappa shape index (κ2) is 6.66. The van der Waals surface area contributed by atoms with Crippen molar-refractivity contribution in [1.82, 2.24) is 14.8 Å². The van der Waals surface area contributed by atoms with Crippen molar-refractivity contribution in [3.8, 4) is 5.75 Å². The molecule has 1 aromatic heterocycles. The van der Waals surface area contributed by atoms with Crippen molar-refractivity contribution in [3.63, 3.8) is 0 Å². The Morgan fingerprint density at radius 1 is 1.36 bits per heavy atom. The maximum Gasteiger partial charge on any atom is 0.191 e. The topological polar surface area (TPSA) is 60.2 Å². The third kappa shape index (κ3) is 3.78. The van der Waals surface area contributed by atoms with Crippen molar-refractivity contribution in [2.24, 2.45) is 0 Å². The predicted octanol–water partition coefficient (Wildman–Crippen LogP) is 2.59. The Bertz CT molecular complexity index is 628. The Morgan fingerprint density at radius 3 is 2.77 bits per heavy atom. The fourth-order valence-electron chi connectivity index (χ4n) is 2.14. The van der Waals surface area contributed by atoms with E-state index < -0.39 is 6.10 Å². The highest BCUT2D eigenvalue weighted by Crippen LogP contribution is 2.38. The molecule has 5 nitrogen and oxygen atoms in total. The molecule has 1 atom stereocenters. The largest absolute Gasteiger partial charge is 0.491 e. The van der Waals surface area contributed by atoms with Gasteiger partial charge in [0, 0.05) is 11.8 Å². The number of halogens is 1. The van der Waals surface area contributed by atoms with Crippen LogP contribution in [0.2, 0.25) is 0 Å². The van der Waals surface area contributed by atoms with Crippen molar-refractivity contribution in [3.05, 3.63) is 35.9 Å². The van der Waals surface area contributed by atoms with Gasteiger partial charge < -0.3 is 14.4 Å². The second-order valence-electron chi connectivity index (χ2n) is 5.36. The number of rotatable bonds is 7. The molecule has 1 N–H and O–H groups in total. The molecule has 0 amide bonds. The Balaban J connectivity index is 1.48. The van der Waals surface area contributed by atoms with Crippen molar-refractivity contribution in [2.45, 2.75) is 37.1 Å². The van der Waals surface area contributed by atoms with Gasteiger partial charge in [-0.1, -0.05) is 11.8 Å². The van der Waals surface area contributed by atoms with Gasteiger partial charge in [-0.2, -0.15) is 0 Å². The number of benzene rings is 1. The molecule has 22 heavy (non-hydrogen) atoms. The molecule has 1 aliphatic carbocycles. The van der Waals surface area contributed by atoms with Crippen molar-refractivity contribution in [2.75, 3.05) is 12.4 Å². The number of aliphatic hydroxyl groups excluding tert-OH is 1. The van der Waals surface area contributed by atoms with Gasteiger partial charge in [0.2, 0.25) is 0 Å². The molecule has 1 saturated carbocycles. The summed E-state index contributed by atoms with van der Waals surface area (Å²) in [4.78, 5) is 0. The van der Waals surface area contributed by atoms with E-state index in [9.17, 15) is 9.50 Å².